The molecule has 0 aromatic carbocycles. The van der Waals surface area contributed by atoms with E-state index in [4.69, 9.17) is 0 Å². The van der Waals surface area contributed by atoms with Gasteiger partial charge in [-0.2, -0.15) is 0 Å². The van der Waals surface area contributed by atoms with E-state index in [2.05, 4.69) is 51.2 Å². The van der Waals surface area contributed by atoms with E-state index in [0.717, 1.165) is 0 Å². The normalized spacial score (nSPS) is 11.4. The highest BCUT2D eigenvalue weighted by Crippen LogP contribution is 2.16. The maximum atomic E-state index is 4.48. The first-order chi connectivity index (χ1) is 6.45. The molecule has 0 aliphatic carbocycles. The first-order valence-corrected chi connectivity index (χ1v) is 5.30. The molecule has 1 aromatic rings. The molecule has 2 heteroatoms. The van der Waals surface area contributed by atoms with E-state index in [1.807, 2.05) is 6.20 Å². The van der Waals surface area contributed by atoms with E-state index in [1.165, 1.54) is 17.1 Å². The second-order valence-electron chi connectivity index (χ2n) is 4.55. The van der Waals surface area contributed by atoms with Crippen molar-refractivity contribution in [2.45, 2.75) is 46.5 Å². The van der Waals surface area contributed by atoms with Crippen molar-refractivity contribution in [2.75, 3.05) is 0 Å². The van der Waals surface area contributed by atoms with Gasteiger partial charge in [0.1, 0.15) is 11.9 Å². The van der Waals surface area contributed by atoms with Crippen LogP contribution in [0.2, 0.25) is 0 Å². The zero-order chi connectivity index (χ0) is 10.9. The van der Waals surface area contributed by atoms with Crippen molar-refractivity contribution >= 4 is 0 Å². The lowest BCUT2D eigenvalue weighted by Crippen LogP contribution is -2.41. The lowest BCUT2D eigenvalue weighted by atomic mass is 10.0. The third-order valence-corrected chi connectivity index (χ3v) is 2.56. The van der Waals surface area contributed by atoms with E-state index in [1.54, 1.807) is 0 Å². The number of rotatable bonds is 2. The summed E-state index contributed by atoms with van der Waals surface area (Å²) in [6, 6.07) is 0. The number of hydrogen-bond donors (Lipinski definition) is 0. The molecule has 1 rings (SSSR count). The van der Waals surface area contributed by atoms with Gasteiger partial charge in [0.15, 0.2) is 0 Å². The van der Waals surface area contributed by atoms with Gasteiger partial charge < -0.3 is 0 Å². The van der Waals surface area contributed by atoms with Crippen LogP contribution in [-0.2, 0) is 7.05 Å². The summed E-state index contributed by atoms with van der Waals surface area (Å²) < 4.78 is 2.24. The molecule has 0 aliphatic rings. The maximum absolute atomic E-state index is 4.48. The molecule has 0 N–H and O–H groups in total. The Kier molecular flexibility index (Phi) is 3.25. The van der Waals surface area contributed by atoms with Crippen molar-refractivity contribution in [3.05, 3.63) is 23.3 Å². The van der Waals surface area contributed by atoms with Crippen LogP contribution < -0.4 is 4.57 Å². The number of aromatic nitrogens is 2. The van der Waals surface area contributed by atoms with Crippen LogP contribution in [0.3, 0.4) is 0 Å². The van der Waals surface area contributed by atoms with Gasteiger partial charge in [0.2, 0.25) is 0 Å². The first kappa shape index (κ1) is 11.2. The molecule has 0 aliphatic heterocycles. The monoisotopic (exact) mass is 193 g/mol. The topological polar surface area (TPSA) is 16.8 Å². The predicted molar refractivity (Wildman–Crippen MR) is 58.3 cm³/mol. The molecule has 0 amide bonds. The Hall–Kier alpha value is -0.920. The SMILES string of the molecule is Cc1cnc(C(C)C)[n+](C)c1C(C)C. The molecule has 14 heavy (non-hydrogen) atoms. The lowest BCUT2D eigenvalue weighted by Gasteiger charge is -2.12. The molecule has 0 saturated heterocycles. The highest BCUT2D eigenvalue weighted by molar-refractivity contribution is 5.14. The molecule has 2 nitrogen and oxygen atoms in total. The number of aryl methyl sites for hydroxylation is 1. The van der Waals surface area contributed by atoms with Crippen molar-refractivity contribution < 1.29 is 4.57 Å². The Morgan fingerprint density at radius 2 is 1.71 bits per heavy atom. The van der Waals surface area contributed by atoms with Crippen LogP contribution >= 0.6 is 0 Å². The average Bonchev–Trinajstić information content (AvgIpc) is 2.02. The van der Waals surface area contributed by atoms with Crippen molar-refractivity contribution in [2.24, 2.45) is 7.05 Å². The summed E-state index contributed by atoms with van der Waals surface area (Å²) >= 11 is 0. The van der Waals surface area contributed by atoms with Crippen LogP contribution in [0.25, 0.3) is 0 Å². The van der Waals surface area contributed by atoms with E-state index in [-0.39, 0.29) is 0 Å². The smallest absolute Gasteiger partial charge is 0.234 e. The van der Waals surface area contributed by atoms with E-state index in [9.17, 15) is 0 Å². The van der Waals surface area contributed by atoms with Gasteiger partial charge in [-0.1, -0.05) is 32.7 Å². The van der Waals surface area contributed by atoms with Gasteiger partial charge in [0.05, 0.1) is 13.0 Å². The molecule has 0 unspecified atom stereocenters. The van der Waals surface area contributed by atoms with Crippen LogP contribution in [-0.4, -0.2) is 4.98 Å². The highest BCUT2D eigenvalue weighted by Gasteiger charge is 2.20. The third kappa shape index (κ3) is 1.94. The van der Waals surface area contributed by atoms with Crippen molar-refractivity contribution in [3.8, 4) is 0 Å². The van der Waals surface area contributed by atoms with Gasteiger partial charge in [0.25, 0.3) is 0 Å². The minimum Gasteiger partial charge on any atom is -0.234 e. The predicted octanol–water partition coefficient (Wildman–Crippen LogP) is 2.46. The molecule has 0 bridgehead atoms. The Balaban J connectivity index is 3.34. The molecule has 0 saturated carbocycles. The molecule has 1 aromatic heterocycles. The van der Waals surface area contributed by atoms with Crippen molar-refractivity contribution in [1.82, 2.24) is 4.98 Å². The summed E-state index contributed by atoms with van der Waals surface area (Å²) in [5, 5.41) is 0. The Bertz CT molecular complexity index is 327. The number of hydrogen-bond acceptors (Lipinski definition) is 1. The lowest BCUT2D eigenvalue weighted by molar-refractivity contribution is -0.692. The minimum absolute atomic E-state index is 0.484. The fourth-order valence-electron chi connectivity index (χ4n) is 2.08. The number of nitrogens with zero attached hydrogens (tertiary/aromatic N) is 2. The Morgan fingerprint density at radius 1 is 1.14 bits per heavy atom. The molecule has 78 valence electrons. The molecule has 0 atom stereocenters. The fourth-order valence-corrected chi connectivity index (χ4v) is 2.08. The van der Waals surface area contributed by atoms with Crippen LogP contribution in [0.15, 0.2) is 6.20 Å². The van der Waals surface area contributed by atoms with E-state index < -0.39 is 0 Å². The molecule has 1 heterocycles. The zero-order valence-corrected chi connectivity index (χ0v) is 10.1. The van der Waals surface area contributed by atoms with Gasteiger partial charge in [-0.25, -0.2) is 4.57 Å². The quantitative estimate of drug-likeness (QED) is 0.659. The summed E-state index contributed by atoms with van der Waals surface area (Å²) in [6.07, 6.45) is 1.99. The van der Waals surface area contributed by atoms with Crippen LogP contribution in [0.1, 0.15) is 56.6 Å². The van der Waals surface area contributed by atoms with Gasteiger partial charge >= 0.3 is 5.82 Å². The minimum atomic E-state index is 0.484. The Morgan fingerprint density at radius 3 is 2.14 bits per heavy atom. The molecular formula is C12H21N2+. The van der Waals surface area contributed by atoms with Gasteiger partial charge in [-0.05, 0) is 6.92 Å². The molecule has 0 spiro atoms. The molecule has 0 fully saturated rings. The standard InChI is InChI=1S/C12H21N2/c1-8(2)11-10(5)7-13-12(9(3)4)14(11)6/h7-9H,1-6H3/q+1. The van der Waals surface area contributed by atoms with Gasteiger partial charge in [0, 0.05) is 11.5 Å². The van der Waals surface area contributed by atoms with Gasteiger partial charge in [-0.15, -0.1) is 0 Å². The fraction of sp³-hybridized carbons (Fsp3) is 0.667. The van der Waals surface area contributed by atoms with Crippen LogP contribution in [0.4, 0.5) is 0 Å². The maximum Gasteiger partial charge on any atom is 0.300 e. The second kappa shape index (κ2) is 4.07. The van der Waals surface area contributed by atoms with Gasteiger partial charge in [-0.3, -0.25) is 0 Å². The van der Waals surface area contributed by atoms with Crippen LogP contribution in [0.5, 0.6) is 0 Å². The highest BCUT2D eigenvalue weighted by atomic mass is 15.0. The molecular weight excluding hydrogens is 172 g/mol. The Labute approximate surface area is 87.0 Å². The summed E-state index contributed by atoms with van der Waals surface area (Å²) in [5.74, 6) is 2.21. The molecule has 0 radical (unpaired) electrons. The second-order valence-corrected chi connectivity index (χ2v) is 4.55. The van der Waals surface area contributed by atoms with Crippen molar-refractivity contribution in [3.63, 3.8) is 0 Å². The average molecular weight is 193 g/mol. The van der Waals surface area contributed by atoms with Crippen molar-refractivity contribution in [1.29, 1.82) is 0 Å². The summed E-state index contributed by atoms with van der Waals surface area (Å²) in [5.41, 5.74) is 2.68. The van der Waals surface area contributed by atoms with E-state index in [0.29, 0.717) is 11.8 Å². The summed E-state index contributed by atoms with van der Waals surface area (Å²) in [7, 11) is 2.12. The summed E-state index contributed by atoms with van der Waals surface area (Å²) in [6.45, 7) is 11.0. The van der Waals surface area contributed by atoms with Crippen LogP contribution in [0, 0.1) is 6.92 Å². The summed E-state index contributed by atoms with van der Waals surface area (Å²) in [4.78, 5) is 4.48. The largest absolute Gasteiger partial charge is 0.300 e. The van der Waals surface area contributed by atoms with E-state index >= 15 is 0 Å². The zero-order valence-electron chi connectivity index (χ0n) is 10.1. The first-order valence-electron chi connectivity index (χ1n) is 5.30. The third-order valence-electron chi connectivity index (χ3n) is 2.56.